The molecule has 7 nitrogen and oxygen atoms in total. The van der Waals surface area contributed by atoms with E-state index in [2.05, 4.69) is 33.0 Å². The maximum Gasteiger partial charge on any atom is 0.266 e. The van der Waals surface area contributed by atoms with Gasteiger partial charge < -0.3 is 19.1 Å². The van der Waals surface area contributed by atoms with E-state index < -0.39 is 0 Å². The summed E-state index contributed by atoms with van der Waals surface area (Å²) in [6, 6.07) is 19.4. The van der Waals surface area contributed by atoms with Gasteiger partial charge in [-0.05, 0) is 88.7 Å². The summed E-state index contributed by atoms with van der Waals surface area (Å²) < 4.78 is 18.1. The van der Waals surface area contributed by atoms with Gasteiger partial charge in [0.2, 0.25) is 0 Å². The molecule has 2 aliphatic rings. The molecule has 0 bridgehead atoms. The summed E-state index contributed by atoms with van der Waals surface area (Å²) in [4.78, 5) is 22.3. The molecule has 2 aliphatic heterocycles. The van der Waals surface area contributed by atoms with Gasteiger partial charge in [-0.2, -0.15) is 0 Å². The molecule has 3 aromatic carbocycles. The number of hydrogen-bond acceptors (Lipinski definition) is 7. The Morgan fingerprint density at radius 3 is 2.58 bits per heavy atom. The van der Waals surface area contributed by atoms with Gasteiger partial charge >= 0.3 is 0 Å². The van der Waals surface area contributed by atoms with E-state index in [1.165, 1.54) is 11.8 Å². The van der Waals surface area contributed by atoms with Crippen molar-refractivity contribution in [3.63, 3.8) is 0 Å². The van der Waals surface area contributed by atoms with Crippen LogP contribution in [0.1, 0.15) is 18.1 Å². The summed E-state index contributed by atoms with van der Waals surface area (Å²) in [6.07, 6.45) is 1.85. The maximum atomic E-state index is 13.1. The number of ether oxygens (including phenoxy) is 3. The third-order valence-corrected chi connectivity index (χ3v) is 8.43. The van der Waals surface area contributed by atoms with Crippen molar-refractivity contribution >= 4 is 67.8 Å². The quantitative estimate of drug-likeness (QED) is 0.243. The molecule has 2 saturated heterocycles. The number of carbonyl (C=O) groups is 1. The molecule has 0 atom stereocenters. The minimum absolute atomic E-state index is 0.109. The minimum atomic E-state index is -0.109. The Morgan fingerprint density at radius 1 is 1.10 bits per heavy atom. The molecule has 0 radical (unpaired) electrons. The molecule has 5 rings (SSSR count). The Hall–Kier alpha value is -2.98. The molecular weight excluding hydrogens is 614 g/mol. The number of hydrogen-bond donors (Lipinski definition) is 0. The Morgan fingerprint density at radius 2 is 1.85 bits per heavy atom. The van der Waals surface area contributed by atoms with Crippen LogP contribution in [0, 0.1) is 0 Å². The van der Waals surface area contributed by atoms with Crippen LogP contribution in [0.25, 0.3) is 6.08 Å². The summed E-state index contributed by atoms with van der Waals surface area (Å²) in [5.74, 6) is 1.05. The van der Waals surface area contributed by atoms with Crippen LogP contribution in [0.4, 0.5) is 11.4 Å². The van der Waals surface area contributed by atoms with Gasteiger partial charge in [-0.1, -0.05) is 29.8 Å². The van der Waals surface area contributed by atoms with Crippen molar-refractivity contribution in [3.05, 3.63) is 86.2 Å². The zero-order valence-electron chi connectivity index (χ0n) is 22.2. The molecule has 0 saturated carbocycles. The number of anilines is 1. The predicted molar refractivity (Wildman–Crippen MR) is 166 cm³/mol. The summed E-state index contributed by atoms with van der Waals surface area (Å²) >= 11 is 11.3. The van der Waals surface area contributed by atoms with Crippen molar-refractivity contribution in [2.75, 3.05) is 44.9 Å². The fourth-order valence-electron chi connectivity index (χ4n) is 4.31. The second-order valence-electron chi connectivity index (χ2n) is 9.13. The van der Waals surface area contributed by atoms with E-state index in [-0.39, 0.29) is 5.91 Å². The first-order valence-corrected chi connectivity index (χ1v) is 14.9. The average Bonchev–Trinajstić information content (AvgIpc) is 3.22. The molecule has 0 aliphatic carbocycles. The van der Waals surface area contributed by atoms with E-state index in [0.717, 1.165) is 53.3 Å². The number of likely N-dealkylation sites (N-methyl/N-ethyl adjacent to an activating group) is 1. The number of thioether (sulfide) groups is 1. The van der Waals surface area contributed by atoms with Gasteiger partial charge in [0, 0.05) is 36.4 Å². The lowest BCUT2D eigenvalue weighted by Crippen LogP contribution is -2.36. The smallest absolute Gasteiger partial charge is 0.266 e. The molecule has 2 fully saturated rings. The number of halogens is 2. The lowest BCUT2D eigenvalue weighted by atomic mass is 10.1. The molecule has 2 heterocycles. The molecule has 0 aromatic heterocycles. The zero-order valence-corrected chi connectivity index (χ0v) is 25.4. The van der Waals surface area contributed by atoms with Gasteiger partial charge in [-0.3, -0.25) is 9.69 Å². The first-order valence-electron chi connectivity index (χ1n) is 12.9. The summed E-state index contributed by atoms with van der Waals surface area (Å²) in [5, 5.41) is 1.27. The Kier molecular flexibility index (Phi) is 9.36. The van der Waals surface area contributed by atoms with Crippen LogP contribution in [0.15, 0.2) is 75.0 Å². The fourth-order valence-corrected chi connectivity index (χ4v) is 6.06. The van der Waals surface area contributed by atoms with Gasteiger partial charge in [-0.25, -0.2) is 4.99 Å². The number of amides is 1. The standard InChI is InChI=1S/C30H29BrClN3O4S/c1-3-38-26-17-20(16-24(31)28(26)39-19-21-6-4-5-7-25(21)32)18-27-29(36)34(2)30(40-27)33-22-8-10-23(11-9-22)35-12-14-37-15-13-35/h4-11,16-18H,3,12-15,19H2,1-2H3/b27-18-,33-30?. The van der Waals surface area contributed by atoms with Gasteiger partial charge in [0.15, 0.2) is 16.7 Å². The predicted octanol–water partition coefficient (Wildman–Crippen LogP) is 7.15. The number of morpholine rings is 1. The fraction of sp³-hybridized carbons (Fsp3) is 0.267. The van der Waals surface area contributed by atoms with Crippen LogP contribution >= 0.6 is 39.3 Å². The average molecular weight is 643 g/mol. The van der Waals surface area contributed by atoms with Gasteiger partial charge in [0.1, 0.15) is 6.61 Å². The van der Waals surface area contributed by atoms with Crippen molar-refractivity contribution in [1.82, 2.24) is 4.90 Å². The van der Waals surface area contributed by atoms with Crippen LogP contribution in [0.5, 0.6) is 11.5 Å². The monoisotopic (exact) mass is 641 g/mol. The van der Waals surface area contributed by atoms with E-state index in [0.29, 0.717) is 39.8 Å². The lowest BCUT2D eigenvalue weighted by molar-refractivity contribution is -0.121. The summed E-state index contributed by atoms with van der Waals surface area (Å²) in [7, 11) is 1.74. The van der Waals surface area contributed by atoms with Crippen molar-refractivity contribution in [3.8, 4) is 11.5 Å². The summed E-state index contributed by atoms with van der Waals surface area (Å²) in [5.41, 5.74) is 3.62. The van der Waals surface area contributed by atoms with Crippen molar-refractivity contribution in [1.29, 1.82) is 0 Å². The number of aliphatic imine (C=N–C) groups is 1. The third-order valence-electron chi connectivity index (χ3n) is 6.41. The largest absolute Gasteiger partial charge is 0.490 e. The lowest BCUT2D eigenvalue weighted by Gasteiger charge is -2.28. The molecule has 208 valence electrons. The molecule has 0 spiro atoms. The Balaban J connectivity index is 1.34. The molecular formula is C30H29BrClN3O4S. The molecule has 0 N–H and O–H groups in total. The van der Waals surface area contributed by atoms with Gasteiger partial charge in [0.25, 0.3) is 5.91 Å². The third kappa shape index (κ3) is 6.66. The van der Waals surface area contributed by atoms with Crippen LogP contribution in [0.2, 0.25) is 5.02 Å². The summed E-state index contributed by atoms with van der Waals surface area (Å²) in [6.45, 7) is 5.92. The molecule has 0 unspecified atom stereocenters. The second-order valence-corrected chi connectivity index (χ2v) is 11.4. The van der Waals surface area contributed by atoms with E-state index in [4.69, 9.17) is 30.8 Å². The van der Waals surface area contributed by atoms with E-state index >= 15 is 0 Å². The second kappa shape index (κ2) is 13.1. The Labute approximate surface area is 251 Å². The zero-order chi connectivity index (χ0) is 28.1. The van der Waals surface area contributed by atoms with E-state index in [1.807, 2.05) is 61.5 Å². The van der Waals surface area contributed by atoms with Gasteiger partial charge in [0.05, 0.1) is 34.9 Å². The number of benzene rings is 3. The molecule has 1 amide bonds. The minimum Gasteiger partial charge on any atom is -0.490 e. The first kappa shape index (κ1) is 28.5. The highest BCUT2D eigenvalue weighted by atomic mass is 79.9. The van der Waals surface area contributed by atoms with Crippen LogP contribution in [-0.4, -0.2) is 55.9 Å². The first-order chi connectivity index (χ1) is 19.4. The van der Waals surface area contributed by atoms with Crippen molar-refractivity contribution in [2.24, 2.45) is 4.99 Å². The number of rotatable bonds is 8. The molecule has 40 heavy (non-hydrogen) atoms. The number of nitrogens with zero attached hydrogens (tertiary/aromatic N) is 3. The topological polar surface area (TPSA) is 63.6 Å². The highest BCUT2D eigenvalue weighted by Gasteiger charge is 2.30. The normalized spacial score (nSPS) is 17.6. The van der Waals surface area contributed by atoms with Crippen LogP contribution in [-0.2, 0) is 16.1 Å². The molecule has 3 aromatic rings. The SMILES string of the molecule is CCOc1cc(/C=C2\SC(=Nc3ccc(N4CCOCC4)cc3)N(C)C2=O)cc(Br)c1OCc1ccccc1Cl. The Bertz CT molecular complexity index is 1440. The van der Waals surface area contributed by atoms with Crippen molar-refractivity contribution < 1.29 is 19.0 Å². The van der Waals surface area contributed by atoms with Crippen LogP contribution < -0.4 is 14.4 Å². The van der Waals surface area contributed by atoms with E-state index in [9.17, 15) is 4.79 Å². The maximum absolute atomic E-state index is 13.1. The number of amidine groups is 1. The number of carbonyl (C=O) groups excluding carboxylic acids is 1. The van der Waals surface area contributed by atoms with E-state index in [1.54, 1.807) is 11.9 Å². The van der Waals surface area contributed by atoms with Crippen LogP contribution in [0.3, 0.4) is 0 Å². The van der Waals surface area contributed by atoms with Gasteiger partial charge in [-0.15, -0.1) is 0 Å². The molecule has 10 heteroatoms. The van der Waals surface area contributed by atoms with Crippen molar-refractivity contribution in [2.45, 2.75) is 13.5 Å². The highest BCUT2D eigenvalue weighted by molar-refractivity contribution is 9.10. The highest BCUT2D eigenvalue weighted by Crippen LogP contribution is 2.40.